The number of nitrogens with one attached hydrogen (secondary N) is 1. The van der Waals surface area contributed by atoms with Gasteiger partial charge in [0.1, 0.15) is 5.69 Å². The molecule has 0 saturated carbocycles. The van der Waals surface area contributed by atoms with E-state index in [1.165, 1.54) is 0 Å². The first-order valence-corrected chi connectivity index (χ1v) is 11.1. The number of carbonyl (C=O) groups excluding carboxylic acids is 1. The second-order valence-electron chi connectivity index (χ2n) is 7.40. The number of fused-ring (bicyclic) bond motifs is 1. The molecule has 1 N–H and O–H groups in total. The monoisotopic (exact) mass is 403 g/mol. The number of sulfonamides is 1. The van der Waals surface area contributed by atoms with Crippen LogP contribution in [0.3, 0.4) is 0 Å². The highest BCUT2D eigenvalue weighted by molar-refractivity contribution is 7.89. The lowest BCUT2D eigenvalue weighted by atomic mass is 9.99. The molecule has 0 radical (unpaired) electrons. The predicted octanol–water partition coefficient (Wildman–Crippen LogP) is 1.68. The summed E-state index contributed by atoms with van der Waals surface area (Å²) in [5.74, 6) is -0.00641. The van der Waals surface area contributed by atoms with Crippen LogP contribution in [0.25, 0.3) is 0 Å². The quantitative estimate of drug-likeness (QED) is 0.824. The molecule has 1 unspecified atom stereocenters. The molecule has 1 amide bonds. The van der Waals surface area contributed by atoms with Crippen molar-refractivity contribution in [3.8, 4) is 0 Å². The molecule has 1 aromatic heterocycles. The molecule has 150 valence electrons. The molecule has 1 aromatic carbocycles. The molecule has 1 saturated heterocycles. The van der Waals surface area contributed by atoms with Gasteiger partial charge in [-0.1, -0.05) is 6.07 Å². The van der Waals surface area contributed by atoms with Crippen LogP contribution in [-0.2, 0) is 34.8 Å². The molecule has 28 heavy (non-hydrogen) atoms. The van der Waals surface area contributed by atoms with Gasteiger partial charge in [-0.15, -0.1) is 0 Å². The molecule has 2 aliphatic rings. The highest BCUT2D eigenvalue weighted by Gasteiger charge is 2.25. The van der Waals surface area contributed by atoms with Crippen molar-refractivity contribution >= 4 is 15.9 Å². The average Bonchev–Trinajstić information content (AvgIpc) is 3.36. The van der Waals surface area contributed by atoms with Gasteiger partial charge in [0, 0.05) is 39.5 Å². The number of nitrogens with zero attached hydrogens (tertiary/aromatic N) is 2. The molecular formula is C20H25N3O4S. The van der Waals surface area contributed by atoms with Gasteiger partial charge in [0.2, 0.25) is 10.0 Å². The molecule has 0 spiro atoms. The zero-order valence-corrected chi connectivity index (χ0v) is 16.7. The molecule has 2 aromatic rings. The fourth-order valence-corrected chi connectivity index (χ4v) is 4.92. The zero-order valence-electron chi connectivity index (χ0n) is 15.9. The Kier molecular flexibility index (Phi) is 5.27. The second kappa shape index (κ2) is 7.69. The second-order valence-corrected chi connectivity index (χ2v) is 9.17. The molecular weight excluding hydrogens is 378 g/mol. The van der Waals surface area contributed by atoms with Gasteiger partial charge in [0.05, 0.1) is 11.0 Å². The number of benzene rings is 1. The first-order valence-electron chi connectivity index (χ1n) is 9.58. The first-order chi connectivity index (χ1) is 13.4. The standard InChI is InChI=1S/C20H25N3O4S/c1-22-9-2-5-19(22)20(24)23-10-8-15-12-18(7-6-16(15)14-23)28(25,26)21-13-17-4-3-11-27-17/h2,5-7,9,12,17,21H,3-4,8,10-11,13-14H2,1H3. The number of rotatable bonds is 5. The third kappa shape index (κ3) is 3.85. The minimum atomic E-state index is -3.57. The summed E-state index contributed by atoms with van der Waals surface area (Å²) in [7, 11) is -1.71. The molecule has 0 aliphatic carbocycles. The number of amides is 1. The average molecular weight is 404 g/mol. The third-order valence-corrected chi connectivity index (χ3v) is 6.90. The summed E-state index contributed by atoms with van der Waals surface area (Å²) in [6.07, 6.45) is 4.32. The largest absolute Gasteiger partial charge is 0.377 e. The van der Waals surface area contributed by atoms with Crippen molar-refractivity contribution in [2.24, 2.45) is 7.05 Å². The molecule has 7 nitrogen and oxygen atoms in total. The summed E-state index contributed by atoms with van der Waals surface area (Å²) in [4.78, 5) is 14.8. The topological polar surface area (TPSA) is 80.6 Å². The van der Waals surface area contributed by atoms with E-state index in [9.17, 15) is 13.2 Å². The van der Waals surface area contributed by atoms with E-state index in [-0.39, 0.29) is 16.9 Å². The number of hydrogen-bond acceptors (Lipinski definition) is 4. The van der Waals surface area contributed by atoms with Crippen LogP contribution in [0, 0.1) is 0 Å². The Morgan fingerprint density at radius 1 is 1.29 bits per heavy atom. The molecule has 8 heteroatoms. The summed E-state index contributed by atoms with van der Waals surface area (Å²) >= 11 is 0. The van der Waals surface area contributed by atoms with Crippen LogP contribution in [0.15, 0.2) is 41.4 Å². The first kappa shape index (κ1) is 19.2. The molecule has 1 fully saturated rings. The Morgan fingerprint density at radius 2 is 2.14 bits per heavy atom. The Hall–Kier alpha value is -2.16. The summed E-state index contributed by atoms with van der Waals surface area (Å²) in [5.41, 5.74) is 2.63. The fraction of sp³-hybridized carbons (Fsp3) is 0.450. The van der Waals surface area contributed by atoms with Gasteiger partial charge < -0.3 is 14.2 Å². The van der Waals surface area contributed by atoms with Crippen molar-refractivity contribution in [3.63, 3.8) is 0 Å². The van der Waals surface area contributed by atoms with Crippen LogP contribution < -0.4 is 4.72 Å². The van der Waals surface area contributed by atoms with Gasteiger partial charge in [0.25, 0.3) is 5.91 Å². The number of aryl methyl sites for hydroxylation is 1. The zero-order chi connectivity index (χ0) is 19.7. The van der Waals surface area contributed by atoms with Crippen LogP contribution in [0.2, 0.25) is 0 Å². The van der Waals surface area contributed by atoms with Gasteiger partial charge in [-0.2, -0.15) is 0 Å². The van der Waals surface area contributed by atoms with Crippen LogP contribution in [-0.4, -0.2) is 49.6 Å². The van der Waals surface area contributed by atoms with Crippen molar-refractivity contribution < 1.29 is 17.9 Å². The minimum absolute atomic E-state index is 0.00641. The van der Waals surface area contributed by atoms with Crippen molar-refractivity contribution in [2.75, 3.05) is 19.7 Å². The van der Waals surface area contributed by atoms with Gasteiger partial charge in [-0.25, -0.2) is 13.1 Å². The van der Waals surface area contributed by atoms with Crippen molar-refractivity contribution in [1.82, 2.24) is 14.2 Å². The van der Waals surface area contributed by atoms with E-state index in [0.717, 1.165) is 24.0 Å². The summed E-state index contributed by atoms with van der Waals surface area (Å²) in [6.45, 7) is 2.06. The van der Waals surface area contributed by atoms with Crippen LogP contribution in [0.1, 0.15) is 34.5 Å². The Morgan fingerprint density at radius 3 is 2.86 bits per heavy atom. The summed E-state index contributed by atoms with van der Waals surface area (Å²) in [6, 6.07) is 8.84. The van der Waals surface area contributed by atoms with Crippen LogP contribution in [0.5, 0.6) is 0 Å². The lowest BCUT2D eigenvalue weighted by Crippen LogP contribution is -2.37. The number of hydrogen-bond donors (Lipinski definition) is 1. The third-order valence-electron chi connectivity index (χ3n) is 5.48. The minimum Gasteiger partial charge on any atom is -0.377 e. The molecule has 4 rings (SSSR count). The Bertz CT molecular complexity index is 977. The predicted molar refractivity (Wildman–Crippen MR) is 104 cm³/mol. The van der Waals surface area contributed by atoms with Gasteiger partial charge in [0.15, 0.2) is 0 Å². The van der Waals surface area contributed by atoms with E-state index in [0.29, 0.717) is 38.4 Å². The molecule has 0 bridgehead atoms. The number of carbonyl (C=O) groups is 1. The van der Waals surface area contributed by atoms with Crippen molar-refractivity contribution in [2.45, 2.75) is 36.8 Å². The lowest BCUT2D eigenvalue weighted by Gasteiger charge is -2.29. The Labute approximate surface area is 165 Å². The van der Waals surface area contributed by atoms with E-state index in [1.807, 2.05) is 40.9 Å². The molecule has 2 aliphatic heterocycles. The SMILES string of the molecule is Cn1cccc1C(=O)N1CCc2cc(S(=O)(=O)NCC3CCCO3)ccc2C1. The normalized spacial score (nSPS) is 19.6. The maximum atomic E-state index is 12.7. The van der Waals surface area contributed by atoms with Gasteiger partial charge in [-0.3, -0.25) is 4.79 Å². The van der Waals surface area contributed by atoms with Crippen LogP contribution in [0.4, 0.5) is 0 Å². The maximum absolute atomic E-state index is 12.7. The Balaban J connectivity index is 1.46. The van der Waals surface area contributed by atoms with Crippen LogP contribution >= 0.6 is 0 Å². The van der Waals surface area contributed by atoms with Gasteiger partial charge >= 0.3 is 0 Å². The van der Waals surface area contributed by atoms with Crippen molar-refractivity contribution in [3.05, 3.63) is 53.3 Å². The lowest BCUT2D eigenvalue weighted by molar-refractivity contribution is 0.0725. The summed E-state index contributed by atoms with van der Waals surface area (Å²) < 4.78 is 35.2. The molecule has 1 atom stereocenters. The number of ether oxygens (including phenoxy) is 1. The summed E-state index contributed by atoms with van der Waals surface area (Å²) in [5, 5.41) is 0. The van der Waals surface area contributed by atoms with E-state index in [2.05, 4.69) is 4.72 Å². The van der Waals surface area contributed by atoms with E-state index >= 15 is 0 Å². The highest BCUT2D eigenvalue weighted by atomic mass is 32.2. The van der Waals surface area contributed by atoms with Gasteiger partial charge in [-0.05, 0) is 54.7 Å². The fourth-order valence-electron chi connectivity index (χ4n) is 3.81. The van der Waals surface area contributed by atoms with E-state index in [4.69, 9.17) is 4.74 Å². The highest BCUT2D eigenvalue weighted by Crippen LogP contribution is 2.24. The van der Waals surface area contributed by atoms with E-state index in [1.54, 1.807) is 12.1 Å². The van der Waals surface area contributed by atoms with Crippen molar-refractivity contribution in [1.29, 1.82) is 0 Å². The number of aromatic nitrogens is 1. The smallest absolute Gasteiger partial charge is 0.270 e. The molecule has 3 heterocycles. The maximum Gasteiger partial charge on any atom is 0.270 e. The van der Waals surface area contributed by atoms with E-state index < -0.39 is 10.0 Å².